The molecule has 0 aromatic heterocycles. The van der Waals surface area contributed by atoms with Gasteiger partial charge in [-0.1, -0.05) is 0 Å². The van der Waals surface area contributed by atoms with Crippen LogP contribution in [-0.4, -0.2) is 26.3 Å². The summed E-state index contributed by atoms with van der Waals surface area (Å²) in [5.74, 6) is -0.971. The summed E-state index contributed by atoms with van der Waals surface area (Å²) in [6, 6.07) is 4.37. The zero-order chi connectivity index (χ0) is 9.97. The van der Waals surface area contributed by atoms with Gasteiger partial charge >= 0.3 is 0 Å². The van der Waals surface area contributed by atoms with Gasteiger partial charge in [0.15, 0.2) is 0 Å². The number of hydrogen-bond acceptors (Lipinski definition) is 2. The monoisotopic (exact) mass is 198 g/mol. The molecule has 0 unspecified atom stereocenters. The van der Waals surface area contributed by atoms with E-state index in [2.05, 4.69) is 6.07 Å². The Morgan fingerprint density at radius 1 is 1.29 bits per heavy atom. The van der Waals surface area contributed by atoms with E-state index < -0.39 is 11.6 Å². The highest BCUT2D eigenvalue weighted by Crippen LogP contribution is 2.20. The molecule has 0 aliphatic carbocycles. The molecule has 0 atom stereocenters. The summed E-state index contributed by atoms with van der Waals surface area (Å²) >= 11 is 0. The molecule has 1 heterocycles. The fourth-order valence-electron chi connectivity index (χ4n) is 1.48. The van der Waals surface area contributed by atoms with Crippen LogP contribution in [0.5, 0.6) is 0 Å². The zero-order valence-electron chi connectivity index (χ0n) is 7.59. The van der Waals surface area contributed by atoms with Gasteiger partial charge in [0.05, 0.1) is 18.9 Å². The minimum atomic E-state index is -0.534. The Bertz CT molecular complexity index is 324. The fourth-order valence-corrected chi connectivity index (χ4v) is 1.48. The van der Waals surface area contributed by atoms with E-state index in [-0.39, 0.29) is 0 Å². The Morgan fingerprint density at radius 3 is 2.71 bits per heavy atom. The average Bonchev–Trinajstić information content (AvgIpc) is 2.23. The number of morpholine rings is 1. The molecule has 2 nitrogen and oxygen atoms in total. The average molecular weight is 198 g/mol. The minimum Gasteiger partial charge on any atom is -0.378 e. The molecular formula is C10H10F2NO. The first-order valence-electron chi connectivity index (χ1n) is 4.47. The van der Waals surface area contributed by atoms with Crippen molar-refractivity contribution >= 4 is 5.69 Å². The van der Waals surface area contributed by atoms with Gasteiger partial charge in [0.2, 0.25) is 0 Å². The molecule has 1 aliphatic rings. The Morgan fingerprint density at radius 2 is 2.00 bits per heavy atom. The second-order valence-corrected chi connectivity index (χ2v) is 3.11. The quantitative estimate of drug-likeness (QED) is 0.679. The number of halogens is 2. The SMILES string of the molecule is Fc1[c]cc(F)c(N2CCOCC2)c1. The van der Waals surface area contributed by atoms with Gasteiger partial charge in [-0.3, -0.25) is 0 Å². The van der Waals surface area contributed by atoms with Crippen LogP contribution in [0.1, 0.15) is 0 Å². The van der Waals surface area contributed by atoms with E-state index in [9.17, 15) is 8.78 Å². The Hall–Kier alpha value is -1.16. The maximum atomic E-state index is 13.3. The molecule has 1 aromatic rings. The first-order chi connectivity index (χ1) is 6.77. The van der Waals surface area contributed by atoms with Crippen molar-refractivity contribution < 1.29 is 13.5 Å². The second kappa shape index (κ2) is 3.92. The van der Waals surface area contributed by atoms with E-state index in [0.29, 0.717) is 32.0 Å². The van der Waals surface area contributed by atoms with E-state index in [1.165, 1.54) is 6.07 Å². The molecule has 0 N–H and O–H groups in total. The maximum absolute atomic E-state index is 13.3. The van der Waals surface area contributed by atoms with Crippen LogP contribution >= 0.6 is 0 Å². The number of rotatable bonds is 1. The van der Waals surface area contributed by atoms with Gasteiger partial charge in [0.1, 0.15) is 11.6 Å². The number of ether oxygens (including phenoxy) is 1. The number of nitrogens with zero attached hydrogens (tertiary/aromatic N) is 1. The van der Waals surface area contributed by atoms with Gasteiger partial charge in [0, 0.05) is 25.2 Å². The van der Waals surface area contributed by atoms with Crippen molar-refractivity contribution in [2.24, 2.45) is 0 Å². The predicted octanol–water partition coefficient (Wildman–Crippen LogP) is 1.60. The van der Waals surface area contributed by atoms with Crippen LogP contribution in [0.2, 0.25) is 0 Å². The minimum absolute atomic E-state index is 0.296. The second-order valence-electron chi connectivity index (χ2n) is 3.11. The third-order valence-electron chi connectivity index (χ3n) is 2.20. The molecule has 75 valence electrons. The van der Waals surface area contributed by atoms with Crippen molar-refractivity contribution in [3.8, 4) is 0 Å². The molecule has 1 aromatic carbocycles. The maximum Gasteiger partial charge on any atom is 0.147 e. The van der Waals surface area contributed by atoms with Crippen molar-refractivity contribution in [3.63, 3.8) is 0 Å². The summed E-state index contributed by atoms with van der Waals surface area (Å²) in [7, 11) is 0. The molecule has 0 amide bonds. The first kappa shape index (κ1) is 9.40. The van der Waals surface area contributed by atoms with Gasteiger partial charge in [-0.25, -0.2) is 8.78 Å². The summed E-state index contributed by atoms with van der Waals surface area (Å²) in [6.45, 7) is 2.31. The highest BCUT2D eigenvalue weighted by molar-refractivity contribution is 5.48. The van der Waals surface area contributed by atoms with Gasteiger partial charge in [-0.15, -0.1) is 0 Å². The summed E-state index contributed by atoms with van der Waals surface area (Å²) in [4.78, 5) is 1.77. The Kier molecular flexibility index (Phi) is 2.63. The van der Waals surface area contributed by atoms with Crippen LogP contribution in [0.25, 0.3) is 0 Å². The van der Waals surface area contributed by atoms with E-state index >= 15 is 0 Å². The van der Waals surface area contributed by atoms with Gasteiger partial charge in [-0.05, 0) is 6.07 Å². The van der Waals surface area contributed by atoms with Crippen molar-refractivity contribution in [2.75, 3.05) is 31.2 Å². The topological polar surface area (TPSA) is 12.5 Å². The van der Waals surface area contributed by atoms with Crippen LogP contribution in [0, 0.1) is 17.7 Å². The standard InChI is InChI=1S/C10H10F2NO/c11-8-1-2-9(12)10(7-8)13-3-5-14-6-4-13/h2,7H,3-6H2. The molecule has 0 saturated carbocycles. The third-order valence-corrected chi connectivity index (χ3v) is 2.20. The predicted molar refractivity (Wildman–Crippen MR) is 48.2 cm³/mol. The molecule has 1 radical (unpaired) electrons. The van der Waals surface area contributed by atoms with Crippen LogP contribution in [0.3, 0.4) is 0 Å². The number of anilines is 1. The molecule has 4 heteroatoms. The van der Waals surface area contributed by atoms with Crippen molar-refractivity contribution in [1.82, 2.24) is 0 Å². The molecule has 1 aliphatic heterocycles. The summed E-state index contributed by atoms with van der Waals surface area (Å²) < 4.78 is 31.2. The number of benzene rings is 1. The molecule has 1 saturated heterocycles. The van der Waals surface area contributed by atoms with E-state index in [1.54, 1.807) is 4.90 Å². The lowest BCUT2D eigenvalue weighted by molar-refractivity contribution is 0.122. The zero-order valence-corrected chi connectivity index (χ0v) is 7.59. The third kappa shape index (κ3) is 1.85. The molecule has 0 bridgehead atoms. The van der Waals surface area contributed by atoms with E-state index in [0.717, 1.165) is 6.07 Å². The van der Waals surface area contributed by atoms with Crippen LogP contribution in [-0.2, 0) is 4.74 Å². The summed E-state index contributed by atoms with van der Waals surface area (Å²) in [6.07, 6.45) is 0. The fraction of sp³-hybridized carbons (Fsp3) is 0.400. The van der Waals surface area contributed by atoms with Gasteiger partial charge in [-0.2, -0.15) is 0 Å². The smallest absolute Gasteiger partial charge is 0.147 e. The summed E-state index contributed by atoms with van der Waals surface area (Å²) in [5, 5.41) is 0. The molecule has 0 spiro atoms. The lowest BCUT2D eigenvalue weighted by atomic mass is 10.2. The van der Waals surface area contributed by atoms with Crippen molar-refractivity contribution in [2.45, 2.75) is 0 Å². The van der Waals surface area contributed by atoms with Gasteiger partial charge < -0.3 is 9.64 Å². The lowest BCUT2D eigenvalue weighted by Crippen LogP contribution is -2.36. The highest BCUT2D eigenvalue weighted by Gasteiger charge is 2.15. The first-order valence-corrected chi connectivity index (χ1v) is 4.47. The molecular weight excluding hydrogens is 188 g/mol. The van der Waals surface area contributed by atoms with Crippen molar-refractivity contribution in [3.05, 3.63) is 29.8 Å². The highest BCUT2D eigenvalue weighted by atomic mass is 19.1. The summed E-state index contributed by atoms with van der Waals surface area (Å²) in [5.41, 5.74) is 0.296. The molecule has 1 fully saturated rings. The van der Waals surface area contributed by atoms with Crippen LogP contribution < -0.4 is 4.90 Å². The van der Waals surface area contributed by atoms with Crippen LogP contribution in [0.15, 0.2) is 12.1 Å². The lowest BCUT2D eigenvalue weighted by Gasteiger charge is -2.28. The van der Waals surface area contributed by atoms with Crippen molar-refractivity contribution in [1.29, 1.82) is 0 Å². The Balaban J connectivity index is 2.24. The van der Waals surface area contributed by atoms with E-state index in [4.69, 9.17) is 4.74 Å². The van der Waals surface area contributed by atoms with E-state index in [1.807, 2.05) is 0 Å². The van der Waals surface area contributed by atoms with Crippen LogP contribution in [0.4, 0.5) is 14.5 Å². The Labute approximate surface area is 81.1 Å². The molecule has 2 rings (SSSR count). The normalized spacial score (nSPS) is 17.1. The molecule has 14 heavy (non-hydrogen) atoms. The largest absolute Gasteiger partial charge is 0.378 e. The van der Waals surface area contributed by atoms with Gasteiger partial charge in [0.25, 0.3) is 0 Å². The number of hydrogen-bond donors (Lipinski definition) is 0.